The second-order valence-corrected chi connectivity index (χ2v) is 14.2. The van der Waals surface area contributed by atoms with Gasteiger partial charge in [0, 0.05) is 0 Å². The van der Waals surface area contributed by atoms with E-state index in [-0.39, 0.29) is 44.5 Å². The summed E-state index contributed by atoms with van der Waals surface area (Å²) >= 11 is 0. The third-order valence-corrected chi connectivity index (χ3v) is 6.79. The van der Waals surface area contributed by atoms with Crippen LogP contribution < -0.4 is 5.73 Å². The van der Waals surface area contributed by atoms with E-state index in [1.54, 1.807) is 53.7 Å². The number of aryl methyl sites for hydroxylation is 1. The molecule has 0 unspecified atom stereocenters. The summed E-state index contributed by atoms with van der Waals surface area (Å²) in [5, 5.41) is 0. The van der Waals surface area contributed by atoms with E-state index in [4.69, 9.17) is 59.6 Å². The van der Waals surface area contributed by atoms with E-state index in [0.717, 1.165) is 10.5 Å². The first kappa shape index (κ1) is 53.1. The molecule has 55 heavy (non-hydrogen) atoms. The van der Waals surface area contributed by atoms with Crippen molar-refractivity contribution >= 4 is 29.5 Å². The molecule has 2 amide bonds. The van der Waals surface area contributed by atoms with E-state index in [0.29, 0.717) is 60.0 Å². The summed E-state index contributed by atoms with van der Waals surface area (Å²) in [7, 11) is -3.29. The third kappa shape index (κ3) is 34.2. The Morgan fingerprint density at radius 3 is 1.42 bits per heavy atom. The quantitative estimate of drug-likeness (QED) is 0.0590. The van der Waals surface area contributed by atoms with Gasteiger partial charge in [-0.3, -0.25) is 4.18 Å². The summed E-state index contributed by atoms with van der Waals surface area (Å²) in [4.78, 5) is 25.6. The van der Waals surface area contributed by atoms with Gasteiger partial charge in [0.05, 0.1) is 84.1 Å². The number of hydrogen-bond donors (Lipinski definition) is 1. The summed E-state index contributed by atoms with van der Waals surface area (Å²) in [6.07, 6.45) is 8.52. The Morgan fingerprint density at radius 1 is 0.691 bits per heavy atom. The molecule has 1 aromatic rings. The van der Waals surface area contributed by atoms with Crippen molar-refractivity contribution in [3.05, 3.63) is 29.8 Å². The molecular weight excluding hydrogens is 739 g/mol. The number of ether oxygens (including phenoxy) is 8. The van der Waals surface area contributed by atoms with E-state index in [1.165, 1.54) is 12.1 Å². The number of carbonyl (C=O) groups is 2. The van der Waals surface area contributed by atoms with Crippen LogP contribution >= 0.6 is 0 Å². The van der Waals surface area contributed by atoms with Crippen LogP contribution in [0.25, 0.3) is 0 Å². The average Bonchev–Trinajstić information content (AvgIpc) is 3.09. The average molecular weight is 797 g/mol. The Bertz CT molecular complexity index is 1420. The van der Waals surface area contributed by atoms with Crippen LogP contribution in [0.4, 0.5) is 9.59 Å². The monoisotopic (exact) mass is 796 g/mol. The van der Waals surface area contributed by atoms with Gasteiger partial charge in [-0.15, -0.1) is 12.8 Å². The van der Waals surface area contributed by atoms with E-state index in [9.17, 15) is 18.0 Å². The van der Waals surface area contributed by atoms with Crippen molar-refractivity contribution in [3.8, 4) is 36.6 Å². The molecule has 0 heterocycles. The zero-order valence-electron chi connectivity index (χ0n) is 33.1. The fourth-order valence-corrected chi connectivity index (χ4v) is 4.09. The summed E-state index contributed by atoms with van der Waals surface area (Å²) in [5.74, 6) is 6.67. The van der Waals surface area contributed by atoms with Crippen LogP contribution in [0.3, 0.4) is 0 Å². The van der Waals surface area contributed by atoms with Crippen LogP contribution in [-0.4, -0.2) is 136 Å². The van der Waals surface area contributed by atoms with Gasteiger partial charge in [0.25, 0.3) is 10.1 Å². The van der Waals surface area contributed by atoms with Gasteiger partial charge in [-0.2, -0.15) is 8.42 Å². The van der Waals surface area contributed by atoms with Gasteiger partial charge in [-0.25, -0.2) is 14.5 Å². The minimum atomic E-state index is -3.73. The van der Waals surface area contributed by atoms with Crippen molar-refractivity contribution in [3.63, 3.8) is 0 Å². The number of nitrogens with zero attached hydrogens (tertiary/aromatic N) is 1. The van der Waals surface area contributed by atoms with Gasteiger partial charge in [-0.1, -0.05) is 29.5 Å². The molecule has 2 N–H and O–H groups in total. The molecule has 0 fully saturated rings. The molecule has 1 rings (SSSR count). The molecular formula is C37H57BN2O14S. The number of terminal acetylenes is 2. The normalized spacial score (nSPS) is 10.7. The topological polar surface area (TPSA) is 198 Å². The summed E-state index contributed by atoms with van der Waals surface area (Å²) in [6, 6.07) is 8.37. The Morgan fingerprint density at radius 2 is 1.07 bits per heavy atom. The standard InChI is InChI=1S/C19H33NO7.C16H22O6S.C2H2BNO/c1-8-10-23-12-14-25-15-13-24-11-9-20(16(21)26-18(2,3)4)17(22)27-19(5,6)7;1-3-8-19-9-10-20-11-12-21-13-14-22-23(17,18)16-6-4-15(2)5-7-16;4-2-1-3-5/h1H,9-15H2,2-7H3;1,4-7H,8-14H2,2H3;4H2. The van der Waals surface area contributed by atoms with E-state index >= 15 is 0 Å². The molecule has 0 aromatic heterocycles. The molecule has 16 nitrogen and oxygen atoms in total. The van der Waals surface area contributed by atoms with Crippen LogP contribution in [0.1, 0.15) is 47.1 Å². The molecule has 0 radical (unpaired) electrons. The number of rotatable bonds is 22. The van der Waals surface area contributed by atoms with Gasteiger partial charge in [0.2, 0.25) is 0 Å². The number of imide groups is 1. The molecule has 0 aliphatic carbocycles. The number of nitrogens with two attached hydrogens (primary N) is 1. The van der Waals surface area contributed by atoms with Crippen LogP contribution in [0, 0.1) is 43.5 Å². The number of hydrogen-bond acceptors (Lipinski definition) is 15. The van der Waals surface area contributed by atoms with E-state index in [1.807, 2.05) is 18.8 Å². The van der Waals surface area contributed by atoms with Crippen molar-refractivity contribution in [1.29, 1.82) is 0 Å². The molecule has 0 saturated carbocycles. The third-order valence-electron chi connectivity index (χ3n) is 5.46. The van der Waals surface area contributed by atoms with Crippen LogP contribution in [-0.2, 0) is 56.9 Å². The Labute approximate surface area is 327 Å². The molecule has 308 valence electrons. The Hall–Kier alpha value is -4.03. The van der Waals surface area contributed by atoms with Crippen LogP contribution in [0.5, 0.6) is 0 Å². The second-order valence-electron chi connectivity index (χ2n) is 12.6. The van der Waals surface area contributed by atoms with Crippen molar-refractivity contribution < 1.29 is 64.8 Å². The van der Waals surface area contributed by atoms with Crippen LogP contribution in [0.2, 0.25) is 0 Å². The van der Waals surface area contributed by atoms with Gasteiger partial charge < -0.3 is 37.9 Å². The summed E-state index contributed by atoms with van der Waals surface area (Å²) in [5.41, 5.74) is 4.07. The summed E-state index contributed by atoms with van der Waals surface area (Å²) < 4.78 is 79.5. The molecule has 0 aliphatic rings. The van der Waals surface area contributed by atoms with Crippen molar-refractivity contribution in [1.82, 2.24) is 4.90 Å². The number of amides is 2. The van der Waals surface area contributed by atoms with Gasteiger partial charge in [-0.05, 0) is 60.6 Å². The maximum atomic E-state index is 12.3. The first-order chi connectivity index (χ1) is 25.9. The molecule has 0 bridgehead atoms. The molecule has 1 aromatic carbocycles. The zero-order valence-corrected chi connectivity index (χ0v) is 33.9. The SMILES string of the molecule is C#CCOCCOCCOCCN(C(=O)OC(C)(C)C)C(=O)OC(C)(C)C.C#CCOCCOCCOCCOS(=O)(=O)c1ccc(C)cc1.NC#CB=O. The van der Waals surface area contributed by atoms with E-state index in [2.05, 4.69) is 17.6 Å². The Kier molecular flexibility index (Phi) is 31.1. The molecule has 0 atom stereocenters. The predicted molar refractivity (Wildman–Crippen MR) is 204 cm³/mol. The number of benzene rings is 1. The summed E-state index contributed by atoms with van der Waals surface area (Å²) in [6.45, 7) is 16.1. The minimum absolute atomic E-state index is 0.00903. The fourth-order valence-electron chi connectivity index (χ4n) is 3.20. The van der Waals surface area contributed by atoms with Gasteiger partial charge in [0.1, 0.15) is 24.4 Å². The maximum absolute atomic E-state index is 12.3. The van der Waals surface area contributed by atoms with Crippen LogP contribution in [0.15, 0.2) is 29.2 Å². The zero-order chi connectivity index (χ0) is 42.0. The molecule has 0 saturated heterocycles. The van der Waals surface area contributed by atoms with E-state index < -0.39 is 33.5 Å². The van der Waals surface area contributed by atoms with Crippen molar-refractivity contribution in [2.45, 2.75) is 64.6 Å². The Balaban J connectivity index is 0. The number of carbonyl (C=O) groups excluding carboxylic acids is 2. The molecule has 0 spiro atoms. The van der Waals surface area contributed by atoms with Gasteiger partial charge >= 0.3 is 41.6 Å². The van der Waals surface area contributed by atoms with Crippen molar-refractivity contribution in [2.75, 3.05) is 92.4 Å². The first-order valence-electron chi connectivity index (χ1n) is 17.1. The molecule has 18 heteroatoms. The van der Waals surface area contributed by atoms with Crippen molar-refractivity contribution in [2.24, 2.45) is 5.73 Å². The fraction of sp³-hybridized carbons (Fsp3) is 0.622. The van der Waals surface area contributed by atoms with Gasteiger partial charge in [0.15, 0.2) is 0 Å². The molecule has 0 aliphatic heterocycles. The first-order valence-corrected chi connectivity index (χ1v) is 18.5. The second kappa shape index (κ2) is 32.2. The predicted octanol–water partition coefficient (Wildman–Crippen LogP) is 3.14.